The minimum absolute atomic E-state index is 0.324. The standard InChI is InChI=1S/C15H25N3O2S/c1-16-11-13-6-4-8-15(10-13)21(19,20)18(3)12-14-7-5-9-17(14)2/h4,6,8,10,14,16H,5,7,9,11-12H2,1-3H3. The van der Waals surface area contributed by atoms with Crippen LogP contribution in [0.1, 0.15) is 18.4 Å². The lowest BCUT2D eigenvalue weighted by Gasteiger charge is -2.25. The Bertz CT molecular complexity index is 574. The van der Waals surface area contributed by atoms with Gasteiger partial charge in [-0.15, -0.1) is 0 Å². The average Bonchev–Trinajstić information content (AvgIpc) is 2.85. The lowest BCUT2D eigenvalue weighted by Crippen LogP contribution is -2.39. The van der Waals surface area contributed by atoms with Crippen LogP contribution >= 0.6 is 0 Å². The van der Waals surface area contributed by atoms with Gasteiger partial charge >= 0.3 is 0 Å². The predicted molar refractivity (Wildman–Crippen MR) is 84.7 cm³/mol. The van der Waals surface area contributed by atoms with Gasteiger partial charge in [0.25, 0.3) is 0 Å². The number of likely N-dealkylation sites (N-methyl/N-ethyl adjacent to an activating group) is 2. The van der Waals surface area contributed by atoms with Gasteiger partial charge in [0, 0.05) is 26.2 Å². The molecule has 0 amide bonds. The molecule has 0 spiro atoms. The molecule has 2 rings (SSSR count). The van der Waals surface area contributed by atoms with E-state index in [1.165, 1.54) is 4.31 Å². The Kier molecular flexibility index (Phi) is 5.37. The van der Waals surface area contributed by atoms with Gasteiger partial charge in [-0.2, -0.15) is 4.31 Å². The molecule has 0 saturated carbocycles. The van der Waals surface area contributed by atoms with Crippen molar-refractivity contribution >= 4 is 10.0 Å². The number of nitrogens with one attached hydrogen (secondary N) is 1. The van der Waals surface area contributed by atoms with E-state index in [4.69, 9.17) is 0 Å². The van der Waals surface area contributed by atoms with Crippen LogP contribution in [0.3, 0.4) is 0 Å². The minimum Gasteiger partial charge on any atom is -0.316 e. The van der Waals surface area contributed by atoms with E-state index in [0.717, 1.165) is 24.9 Å². The summed E-state index contributed by atoms with van der Waals surface area (Å²) in [5, 5.41) is 3.04. The molecule has 1 aromatic carbocycles. The van der Waals surface area contributed by atoms with Gasteiger partial charge in [0.05, 0.1) is 4.90 Å². The van der Waals surface area contributed by atoms with Crippen LogP contribution in [0.25, 0.3) is 0 Å². The topological polar surface area (TPSA) is 52.7 Å². The van der Waals surface area contributed by atoms with E-state index in [2.05, 4.69) is 17.3 Å². The molecule has 1 aliphatic rings. The van der Waals surface area contributed by atoms with E-state index in [1.807, 2.05) is 13.1 Å². The molecule has 1 aliphatic heterocycles. The monoisotopic (exact) mass is 311 g/mol. The Hall–Kier alpha value is -0.950. The molecule has 1 aromatic rings. The summed E-state index contributed by atoms with van der Waals surface area (Å²) in [4.78, 5) is 2.61. The summed E-state index contributed by atoms with van der Waals surface area (Å²) in [5.41, 5.74) is 0.977. The fourth-order valence-corrected chi connectivity index (χ4v) is 4.08. The second kappa shape index (κ2) is 6.87. The third kappa shape index (κ3) is 3.83. The Morgan fingerprint density at radius 3 is 2.81 bits per heavy atom. The van der Waals surface area contributed by atoms with E-state index < -0.39 is 10.0 Å². The van der Waals surface area contributed by atoms with Crippen molar-refractivity contribution < 1.29 is 8.42 Å². The number of nitrogens with zero attached hydrogens (tertiary/aromatic N) is 2. The maximum absolute atomic E-state index is 12.7. The van der Waals surface area contributed by atoms with Crippen molar-refractivity contribution in [1.29, 1.82) is 0 Å². The largest absolute Gasteiger partial charge is 0.316 e. The number of rotatable bonds is 6. The first kappa shape index (κ1) is 16.4. The van der Waals surface area contributed by atoms with Gasteiger partial charge in [0.15, 0.2) is 0 Å². The lowest BCUT2D eigenvalue weighted by molar-refractivity contribution is 0.271. The zero-order chi connectivity index (χ0) is 15.5. The van der Waals surface area contributed by atoms with Gasteiger partial charge in [-0.05, 0) is 51.2 Å². The van der Waals surface area contributed by atoms with E-state index in [-0.39, 0.29) is 0 Å². The Morgan fingerprint density at radius 1 is 1.43 bits per heavy atom. The van der Waals surface area contributed by atoms with Crippen LogP contribution in [0.4, 0.5) is 0 Å². The quantitative estimate of drug-likeness (QED) is 0.855. The van der Waals surface area contributed by atoms with Gasteiger partial charge in [-0.1, -0.05) is 12.1 Å². The smallest absolute Gasteiger partial charge is 0.242 e. The molecular weight excluding hydrogens is 286 g/mol. The number of hydrogen-bond acceptors (Lipinski definition) is 4. The number of benzene rings is 1. The van der Waals surface area contributed by atoms with Crippen molar-refractivity contribution in [2.24, 2.45) is 0 Å². The summed E-state index contributed by atoms with van der Waals surface area (Å²) in [6.45, 7) is 2.27. The SMILES string of the molecule is CNCc1cccc(S(=O)(=O)N(C)CC2CCCN2C)c1. The first-order valence-electron chi connectivity index (χ1n) is 7.35. The minimum atomic E-state index is -3.41. The molecule has 6 heteroatoms. The van der Waals surface area contributed by atoms with Gasteiger partial charge in [-0.3, -0.25) is 0 Å². The normalized spacial score (nSPS) is 20.3. The van der Waals surface area contributed by atoms with Gasteiger partial charge in [-0.25, -0.2) is 8.42 Å². The third-order valence-corrected chi connectivity index (χ3v) is 5.95. The van der Waals surface area contributed by atoms with Crippen molar-refractivity contribution in [2.45, 2.75) is 30.3 Å². The van der Waals surface area contributed by atoms with Gasteiger partial charge in [0.2, 0.25) is 10.0 Å². The highest BCUT2D eigenvalue weighted by atomic mass is 32.2. The Labute approximate surface area is 128 Å². The summed E-state index contributed by atoms with van der Waals surface area (Å²) in [6.07, 6.45) is 2.21. The highest BCUT2D eigenvalue weighted by Crippen LogP contribution is 2.20. The average molecular weight is 311 g/mol. The maximum atomic E-state index is 12.7. The molecule has 0 aromatic heterocycles. The predicted octanol–water partition coefficient (Wildman–Crippen LogP) is 1.12. The summed E-state index contributed by atoms with van der Waals surface area (Å²) in [7, 11) is 2.17. The molecule has 1 saturated heterocycles. The molecule has 21 heavy (non-hydrogen) atoms. The van der Waals surface area contributed by atoms with Crippen molar-refractivity contribution in [2.75, 3.05) is 34.2 Å². The molecule has 1 atom stereocenters. The van der Waals surface area contributed by atoms with Crippen LogP contribution in [0, 0.1) is 0 Å². The second-order valence-corrected chi connectivity index (χ2v) is 7.78. The molecule has 1 heterocycles. The summed E-state index contributed by atoms with van der Waals surface area (Å²) >= 11 is 0. The number of likely N-dealkylation sites (tertiary alicyclic amines) is 1. The molecular formula is C15H25N3O2S. The molecule has 118 valence electrons. The fourth-order valence-electron chi connectivity index (χ4n) is 2.80. The Morgan fingerprint density at radius 2 is 2.19 bits per heavy atom. The van der Waals surface area contributed by atoms with Crippen LogP contribution < -0.4 is 5.32 Å². The van der Waals surface area contributed by atoms with E-state index >= 15 is 0 Å². The van der Waals surface area contributed by atoms with E-state index in [9.17, 15) is 8.42 Å². The lowest BCUT2D eigenvalue weighted by atomic mass is 10.2. The van der Waals surface area contributed by atoms with Crippen molar-refractivity contribution in [3.63, 3.8) is 0 Å². The zero-order valence-corrected chi connectivity index (χ0v) is 13.9. The van der Waals surface area contributed by atoms with Crippen molar-refractivity contribution in [1.82, 2.24) is 14.5 Å². The van der Waals surface area contributed by atoms with E-state index in [0.29, 0.717) is 24.0 Å². The fraction of sp³-hybridized carbons (Fsp3) is 0.600. The van der Waals surface area contributed by atoms with Crippen LogP contribution in [-0.2, 0) is 16.6 Å². The van der Waals surface area contributed by atoms with Crippen LogP contribution in [0.5, 0.6) is 0 Å². The second-order valence-electron chi connectivity index (χ2n) is 5.74. The van der Waals surface area contributed by atoms with E-state index in [1.54, 1.807) is 25.2 Å². The molecule has 0 bridgehead atoms. The van der Waals surface area contributed by atoms with Crippen LogP contribution in [0.15, 0.2) is 29.2 Å². The molecule has 0 radical (unpaired) electrons. The van der Waals surface area contributed by atoms with Crippen molar-refractivity contribution in [3.05, 3.63) is 29.8 Å². The summed E-state index contributed by atoms with van der Waals surface area (Å²) < 4.78 is 26.8. The zero-order valence-electron chi connectivity index (χ0n) is 13.0. The molecule has 1 fully saturated rings. The molecule has 0 aliphatic carbocycles. The molecule has 5 nitrogen and oxygen atoms in total. The maximum Gasteiger partial charge on any atom is 0.242 e. The van der Waals surface area contributed by atoms with Crippen LogP contribution in [0.2, 0.25) is 0 Å². The number of hydrogen-bond donors (Lipinski definition) is 1. The number of sulfonamides is 1. The first-order chi connectivity index (χ1) is 9.95. The summed E-state index contributed by atoms with van der Waals surface area (Å²) in [5.74, 6) is 0. The third-order valence-electron chi connectivity index (χ3n) is 4.13. The van der Waals surface area contributed by atoms with Crippen molar-refractivity contribution in [3.8, 4) is 0 Å². The highest BCUT2D eigenvalue weighted by molar-refractivity contribution is 7.89. The first-order valence-corrected chi connectivity index (χ1v) is 8.79. The Balaban J connectivity index is 2.14. The van der Waals surface area contributed by atoms with Gasteiger partial charge in [0.1, 0.15) is 0 Å². The molecule has 1 N–H and O–H groups in total. The summed E-state index contributed by atoms with van der Waals surface area (Å²) in [6, 6.07) is 7.48. The van der Waals surface area contributed by atoms with Crippen LogP contribution in [-0.4, -0.2) is 57.9 Å². The highest BCUT2D eigenvalue weighted by Gasteiger charge is 2.28. The van der Waals surface area contributed by atoms with Gasteiger partial charge < -0.3 is 10.2 Å². The molecule has 1 unspecified atom stereocenters.